The van der Waals surface area contributed by atoms with Crippen molar-refractivity contribution < 1.29 is 0 Å². The van der Waals surface area contributed by atoms with Crippen LogP contribution in [-0.2, 0) is 0 Å². The minimum absolute atomic E-state index is 0.365. The van der Waals surface area contributed by atoms with Crippen molar-refractivity contribution in [3.63, 3.8) is 0 Å². The first-order chi connectivity index (χ1) is 10.4. The van der Waals surface area contributed by atoms with Crippen molar-refractivity contribution in [1.82, 2.24) is 4.98 Å². The first-order valence-corrected chi connectivity index (χ1v) is 7.79. The number of para-hydroxylation sites is 1. The van der Waals surface area contributed by atoms with E-state index in [9.17, 15) is 0 Å². The number of aromatic nitrogens is 1. The standard InChI is InChI=1S/C18H21N3/c19-9-14(15-10-20-17-7-3-1-5-12(15)17)16-11-21-18-8-4-2-6-13(16)18/h1,3,5-8,11,14-15,20-21H,2,4,9-10,19H2. The third-order valence-electron chi connectivity index (χ3n) is 4.86. The molecule has 21 heavy (non-hydrogen) atoms. The number of hydrogen-bond acceptors (Lipinski definition) is 2. The van der Waals surface area contributed by atoms with Gasteiger partial charge >= 0.3 is 0 Å². The molecule has 2 aliphatic rings. The average Bonchev–Trinajstić information content (AvgIpc) is 3.14. The molecule has 4 N–H and O–H groups in total. The number of hydrogen-bond donors (Lipinski definition) is 3. The second-order valence-electron chi connectivity index (χ2n) is 5.97. The summed E-state index contributed by atoms with van der Waals surface area (Å²) in [7, 11) is 0. The SMILES string of the molecule is NCC(c1c[nH]c2c1=CCCC=2)C1CNc2ccccc21. The van der Waals surface area contributed by atoms with Crippen LogP contribution >= 0.6 is 0 Å². The predicted molar refractivity (Wildman–Crippen MR) is 87.7 cm³/mol. The van der Waals surface area contributed by atoms with Crippen LogP contribution < -0.4 is 21.6 Å². The molecule has 0 spiro atoms. The molecule has 1 aromatic heterocycles. The summed E-state index contributed by atoms with van der Waals surface area (Å²) >= 11 is 0. The van der Waals surface area contributed by atoms with Crippen LogP contribution in [0.1, 0.15) is 35.8 Å². The molecule has 0 saturated carbocycles. The summed E-state index contributed by atoms with van der Waals surface area (Å²) in [4.78, 5) is 3.43. The van der Waals surface area contributed by atoms with E-state index < -0.39 is 0 Å². The zero-order valence-electron chi connectivity index (χ0n) is 12.1. The second kappa shape index (κ2) is 5.08. The Balaban J connectivity index is 1.79. The van der Waals surface area contributed by atoms with Crippen LogP contribution in [0.2, 0.25) is 0 Å². The molecule has 2 aromatic rings. The van der Waals surface area contributed by atoms with Crippen molar-refractivity contribution in [3.8, 4) is 0 Å². The van der Waals surface area contributed by atoms with Crippen molar-refractivity contribution in [1.29, 1.82) is 0 Å². The Morgan fingerprint density at radius 3 is 2.95 bits per heavy atom. The maximum atomic E-state index is 6.17. The van der Waals surface area contributed by atoms with Crippen LogP contribution in [0.5, 0.6) is 0 Å². The van der Waals surface area contributed by atoms with Crippen molar-refractivity contribution in [2.24, 2.45) is 5.73 Å². The number of fused-ring (bicyclic) bond motifs is 2. The highest BCUT2D eigenvalue weighted by atomic mass is 14.9. The molecule has 3 heteroatoms. The number of benzene rings is 1. The van der Waals surface area contributed by atoms with Crippen molar-refractivity contribution in [3.05, 3.63) is 52.2 Å². The molecule has 2 unspecified atom stereocenters. The average molecular weight is 279 g/mol. The van der Waals surface area contributed by atoms with Crippen molar-refractivity contribution in [2.75, 3.05) is 18.4 Å². The molecular formula is C18H21N3. The van der Waals surface area contributed by atoms with Crippen LogP contribution in [0, 0.1) is 0 Å². The first-order valence-electron chi connectivity index (χ1n) is 7.79. The van der Waals surface area contributed by atoms with Gasteiger partial charge in [0.25, 0.3) is 0 Å². The Kier molecular flexibility index (Phi) is 3.08. The summed E-state index contributed by atoms with van der Waals surface area (Å²) in [6.45, 7) is 1.66. The molecule has 0 amide bonds. The smallest absolute Gasteiger partial charge is 0.0413 e. The van der Waals surface area contributed by atoms with Crippen LogP contribution in [-0.4, -0.2) is 18.1 Å². The van der Waals surface area contributed by atoms with E-state index in [0.29, 0.717) is 18.4 Å². The number of rotatable bonds is 3. The lowest BCUT2D eigenvalue weighted by Crippen LogP contribution is -2.32. The van der Waals surface area contributed by atoms with Gasteiger partial charge in [0, 0.05) is 35.6 Å². The van der Waals surface area contributed by atoms with Crippen LogP contribution in [0.25, 0.3) is 12.2 Å². The Bertz CT molecular complexity index is 772. The van der Waals surface area contributed by atoms with Gasteiger partial charge < -0.3 is 16.0 Å². The fourth-order valence-corrected chi connectivity index (χ4v) is 3.80. The van der Waals surface area contributed by atoms with E-state index in [1.54, 1.807) is 0 Å². The third-order valence-corrected chi connectivity index (χ3v) is 4.86. The topological polar surface area (TPSA) is 53.8 Å². The maximum absolute atomic E-state index is 6.17. The molecule has 4 rings (SSSR count). The number of anilines is 1. The largest absolute Gasteiger partial charge is 0.384 e. The van der Waals surface area contributed by atoms with Crippen molar-refractivity contribution >= 4 is 17.8 Å². The van der Waals surface area contributed by atoms with E-state index in [1.807, 2.05) is 0 Å². The molecule has 2 atom stereocenters. The molecule has 1 aromatic carbocycles. The van der Waals surface area contributed by atoms with Gasteiger partial charge in [-0.15, -0.1) is 0 Å². The molecule has 1 aliphatic carbocycles. The highest BCUT2D eigenvalue weighted by Crippen LogP contribution is 2.39. The summed E-state index contributed by atoms with van der Waals surface area (Å²) in [6, 6.07) is 8.61. The zero-order chi connectivity index (χ0) is 14.2. The quantitative estimate of drug-likeness (QED) is 0.800. The normalized spacial score (nSPS) is 20.7. The van der Waals surface area contributed by atoms with Gasteiger partial charge in [0.2, 0.25) is 0 Å². The molecule has 1 aliphatic heterocycles. The number of H-pyrrole nitrogens is 1. The van der Waals surface area contributed by atoms with E-state index in [1.165, 1.54) is 27.4 Å². The highest BCUT2D eigenvalue weighted by molar-refractivity contribution is 5.59. The maximum Gasteiger partial charge on any atom is 0.0413 e. The third kappa shape index (κ3) is 2.00. The fraction of sp³-hybridized carbons (Fsp3) is 0.333. The van der Waals surface area contributed by atoms with Crippen molar-refractivity contribution in [2.45, 2.75) is 24.7 Å². The van der Waals surface area contributed by atoms with Gasteiger partial charge in [0.05, 0.1) is 0 Å². The Morgan fingerprint density at radius 2 is 2.05 bits per heavy atom. The molecule has 0 bridgehead atoms. The Hall–Kier alpha value is -2.00. The van der Waals surface area contributed by atoms with E-state index in [2.05, 4.69) is 52.9 Å². The summed E-state index contributed by atoms with van der Waals surface area (Å²) in [5, 5.41) is 6.17. The molecular weight excluding hydrogens is 258 g/mol. The van der Waals surface area contributed by atoms with Crippen LogP contribution in [0.3, 0.4) is 0 Å². The Morgan fingerprint density at radius 1 is 1.19 bits per heavy atom. The van der Waals surface area contributed by atoms with Gasteiger partial charge in [-0.2, -0.15) is 0 Å². The van der Waals surface area contributed by atoms with Gasteiger partial charge in [-0.05, 0) is 41.8 Å². The van der Waals surface area contributed by atoms with Gasteiger partial charge in [-0.25, -0.2) is 0 Å². The first kappa shape index (κ1) is 12.7. The fourth-order valence-electron chi connectivity index (χ4n) is 3.80. The molecule has 108 valence electrons. The summed E-state index contributed by atoms with van der Waals surface area (Å²) < 4.78 is 0. The molecule has 2 heterocycles. The summed E-state index contributed by atoms with van der Waals surface area (Å²) in [5.74, 6) is 0.824. The molecule has 3 nitrogen and oxygen atoms in total. The van der Waals surface area contributed by atoms with Crippen LogP contribution in [0.15, 0.2) is 30.5 Å². The highest BCUT2D eigenvalue weighted by Gasteiger charge is 2.30. The number of nitrogens with two attached hydrogens (primary N) is 1. The lowest BCUT2D eigenvalue weighted by Gasteiger charge is -2.22. The summed E-state index contributed by atoms with van der Waals surface area (Å²) in [6.07, 6.45) is 9.09. The lowest BCUT2D eigenvalue weighted by molar-refractivity contribution is 0.580. The van der Waals surface area contributed by atoms with E-state index in [-0.39, 0.29) is 0 Å². The van der Waals surface area contributed by atoms with E-state index >= 15 is 0 Å². The molecule has 0 fully saturated rings. The number of nitrogens with one attached hydrogen (secondary N) is 2. The predicted octanol–water partition coefficient (Wildman–Crippen LogP) is 1.62. The van der Waals surface area contributed by atoms with Gasteiger partial charge in [0.15, 0.2) is 0 Å². The lowest BCUT2D eigenvalue weighted by atomic mass is 9.82. The van der Waals surface area contributed by atoms with Gasteiger partial charge in [-0.3, -0.25) is 0 Å². The second-order valence-corrected chi connectivity index (χ2v) is 5.97. The van der Waals surface area contributed by atoms with Crippen LogP contribution in [0.4, 0.5) is 5.69 Å². The minimum atomic E-state index is 0.365. The van der Waals surface area contributed by atoms with Gasteiger partial charge in [-0.1, -0.05) is 30.4 Å². The molecule has 0 radical (unpaired) electrons. The Labute approximate surface area is 124 Å². The monoisotopic (exact) mass is 279 g/mol. The zero-order valence-corrected chi connectivity index (χ0v) is 12.1. The van der Waals surface area contributed by atoms with E-state index in [0.717, 1.165) is 19.4 Å². The summed E-state index contributed by atoms with van der Waals surface area (Å²) in [5.41, 5.74) is 10.2. The van der Waals surface area contributed by atoms with E-state index in [4.69, 9.17) is 5.73 Å². The number of aromatic amines is 1. The molecule has 0 saturated heterocycles. The van der Waals surface area contributed by atoms with Gasteiger partial charge in [0.1, 0.15) is 0 Å². The minimum Gasteiger partial charge on any atom is -0.384 e.